The summed E-state index contributed by atoms with van der Waals surface area (Å²) in [4.78, 5) is 2.76. The second kappa shape index (κ2) is 3.25. The van der Waals surface area contributed by atoms with E-state index in [-0.39, 0.29) is 7.43 Å². The zero-order valence-corrected chi connectivity index (χ0v) is 5.03. The zero-order valence-electron chi connectivity index (χ0n) is 4.22. The van der Waals surface area contributed by atoms with Gasteiger partial charge >= 0.3 is 0 Å². The Hall–Kier alpha value is -0.830. The maximum atomic E-state index is 5.34. The molecule has 0 saturated carbocycles. The van der Waals surface area contributed by atoms with Gasteiger partial charge in [-0.25, -0.2) is 0 Å². The number of H-pyrrole nitrogens is 1. The Balaban J connectivity index is 0.000000640. The van der Waals surface area contributed by atoms with Gasteiger partial charge in [0.2, 0.25) is 0 Å². The highest BCUT2D eigenvalue weighted by Crippen LogP contribution is 1.93. The predicted octanol–water partition coefficient (Wildman–Crippen LogP) is 1.96. The van der Waals surface area contributed by atoms with Crippen molar-refractivity contribution in [3.8, 4) is 0 Å². The van der Waals surface area contributed by atoms with E-state index in [2.05, 4.69) is 4.98 Å². The Kier molecular flexibility index (Phi) is 2.95. The van der Waals surface area contributed by atoms with Gasteiger partial charge in [0.05, 0.1) is 0 Å². The standard InChI is InChI=1S/C5H6N2S.CH4/c6-4-2-1-3-5(8)7-4;/h1-3H,(H3,6,7,8);1H4. The van der Waals surface area contributed by atoms with E-state index in [0.717, 1.165) is 0 Å². The summed E-state index contributed by atoms with van der Waals surface area (Å²) in [5, 5.41) is 0. The summed E-state index contributed by atoms with van der Waals surface area (Å²) in [7, 11) is 0. The largest absolute Gasteiger partial charge is 0.385 e. The number of nitrogens with one attached hydrogen (secondary N) is 1. The molecular formula is C6H10N2S. The van der Waals surface area contributed by atoms with Crippen LogP contribution in [0.3, 0.4) is 0 Å². The number of rotatable bonds is 0. The summed E-state index contributed by atoms with van der Waals surface area (Å²) in [5.41, 5.74) is 5.34. The van der Waals surface area contributed by atoms with Gasteiger partial charge in [-0.1, -0.05) is 25.7 Å². The highest BCUT2D eigenvalue weighted by atomic mass is 32.1. The summed E-state index contributed by atoms with van der Waals surface area (Å²) in [6, 6.07) is 5.36. The summed E-state index contributed by atoms with van der Waals surface area (Å²) in [5.74, 6) is 0.609. The monoisotopic (exact) mass is 142 g/mol. The fourth-order valence-electron chi connectivity index (χ4n) is 0.465. The van der Waals surface area contributed by atoms with Gasteiger partial charge in [0.25, 0.3) is 0 Å². The quantitative estimate of drug-likeness (QED) is 0.544. The van der Waals surface area contributed by atoms with Crippen LogP contribution in [0.4, 0.5) is 5.82 Å². The van der Waals surface area contributed by atoms with E-state index in [4.69, 9.17) is 18.0 Å². The average Bonchev–Trinajstić information content (AvgIpc) is 1.64. The van der Waals surface area contributed by atoms with Crippen molar-refractivity contribution < 1.29 is 0 Å². The van der Waals surface area contributed by atoms with Gasteiger partial charge in [0, 0.05) is 0 Å². The first-order chi connectivity index (χ1) is 3.79. The van der Waals surface area contributed by atoms with Gasteiger partial charge in [0.1, 0.15) is 10.5 Å². The number of aromatic nitrogens is 1. The van der Waals surface area contributed by atoms with Crippen LogP contribution in [-0.4, -0.2) is 4.98 Å². The van der Waals surface area contributed by atoms with Crippen LogP contribution in [-0.2, 0) is 0 Å². The molecule has 3 N–H and O–H groups in total. The number of hydrogen-bond acceptors (Lipinski definition) is 2. The molecule has 1 aromatic heterocycles. The molecule has 0 amide bonds. The van der Waals surface area contributed by atoms with Crippen LogP contribution in [0.5, 0.6) is 0 Å². The predicted molar refractivity (Wildman–Crippen MR) is 42.8 cm³/mol. The minimum atomic E-state index is 0. The molecule has 50 valence electrons. The van der Waals surface area contributed by atoms with E-state index in [9.17, 15) is 0 Å². The lowest BCUT2D eigenvalue weighted by molar-refractivity contribution is 1.31. The van der Waals surface area contributed by atoms with Crippen molar-refractivity contribution in [3.63, 3.8) is 0 Å². The molecule has 0 bridgehead atoms. The Bertz CT molecular complexity index is 228. The number of hydrogen-bond donors (Lipinski definition) is 2. The third-order valence-corrected chi connectivity index (χ3v) is 1.03. The average molecular weight is 142 g/mol. The van der Waals surface area contributed by atoms with Crippen LogP contribution in [0, 0.1) is 4.64 Å². The summed E-state index contributed by atoms with van der Waals surface area (Å²) >= 11 is 4.76. The zero-order chi connectivity index (χ0) is 5.98. The first-order valence-electron chi connectivity index (χ1n) is 2.24. The van der Waals surface area contributed by atoms with Crippen molar-refractivity contribution in [3.05, 3.63) is 22.8 Å². The van der Waals surface area contributed by atoms with Crippen molar-refractivity contribution in [2.45, 2.75) is 7.43 Å². The van der Waals surface area contributed by atoms with Crippen LogP contribution in [0.25, 0.3) is 0 Å². The third kappa shape index (κ3) is 2.28. The minimum absolute atomic E-state index is 0. The molecule has 0 saturated heterocycles. The lowest BCUT2D eigenvalue weighted by Gasteiger charge is -1.87. The Morgan fingerprint density at radius 3 is 2.44 bits per heavy atom. The van der Waals surface area contributed by atoms with Gasteiger partial charge in [-0.3, -0.25) is 0 Å². The maximum absolute atomic E-state index is 5.34. The topological polar surface area (TPSA) is 41.8 Å². The Morgan fingerprint density at radius 2 is 2.11 bits per heavy atom. The van der Waals surface area contributed by atoms with Gasteiger partial charge in [-0.2, -0.15) is 0 Å². The number of nitrogens with two attached hydrogens (primary N) is 1. The molecule has 0 aliphatic rings. The van der Waals surface area contributed by atoms with Crippen LogP contribution in [0.2, 0.25) is 0 Å². The molecule has 1 heterocycles. The van der Waals surface area contributed by atoms with Crippen molar-refractivity contribution in [1.29, 1.82) is 0 Å². The fourth-order valence-corrected chi connectivity index (χ4v) is 0.661. The normalized spacial score (nSPS) is 8.00. The maximum Gasteiger partial charge on any atom is 0.104 e. The Labute approximate surface area is 59.7 Å². The summed E-state index contributed by atoms with van der Waals surface area (Å²) in [6.07, 6.45) is 0. The first-order valence-corrected chi connectivity index (χ1v) is 2.65. The molecule has 0 unspecified atom stereocenters. The second-order valence-electron chi connectivity index (χ2n) is 1.47. The van der Waals surface area contributed by atoms with Crippen molar-refractivity contribution in [2.24, 2.45) is 0 Å². The number of aromatic amines is 1. The molecule has 0 fully saturated rings. The molecule has 1 aromatic rings. The van der Waals surface area contributed by atoms with Crippen molar-refractivity contribution in [2.75, 3.05) is 5.73 Å². The summed E-state index contributed by atoms with van der Waals surface area (Å²) < 4.78 is 0.671. The lowest BCUT2D eigenvalue weighted by Crippen LogP contribution is -1.86. The molecule has 0 spiro atoms. The van der Waals surface area contributed by atoms with E-state index in [1.165, 1.54) is 0 Å². The third-order valence-electron chi connectivity index (χ3n) is 0.791. The molecule has 0 atom stereocenters. The lowest BCUT2D eigenvalue weighted by atomic mass is 10.5. The Morgan fingerprint density at radius 1 is 1.44 bits per heavy atom. The van der Waals surface area contributed by atoms with Gasteiger partial charge in [-0.15, -0.1) is 0 Å². The van der Waals surface area contributed by atoms with Crippen LogP contribution in [0.1, 0.15) is 7.43 Å². The minimum Gasteiger partial charge on any atom is -0.385 e. The number of nitrogen functional groups attached to an aromatic ring is 1. The number of pyridine rings is 1. The molecule has 1 rings (SSSR count). The van der Waals surface area contributed by atoms with Crippen LogP contribution < -0.4 is 5.73 Å². The smallest absolute Gasteiger partial charge is 0.104 e. The van der Waals surface area contributed by atoms with Gasteiger partial charge < -0.3 is 10.7 Å². The first kappa shape index (κ1) is 8.17. The highest BCUT2D eigenvalue weighted by molar-refractivity contribution is 7.71. The summed E-state index contributed by atoms with van der Waals surface area (Å²) in [6.45, 7) is 0. The molecule has 0 aliphatic carbocycles. The van der Waals surface area contributed by atoms with Crippen molar-refractivity contribution in [1.82, 2.24) is 4.98 Å². The van der Waals surface area contributed by atoms with E-state index >= 15 is 0 Å². The molecule has 0 aliphatic heterocycles. The molecule has 9 heavy (non-hydrogen) atoms. The molecular weight excluding hydrogens is 132 g/mol. The van der Waals surface area contributed by atoms with E-state index in [1.54, 1.807) is 12.1 Å². The van der Waals surface area contributed by atoms with E-state index in [0.29, 0.717) is 10.5 Å². The van der Waals surface area contributed by atoms with Crippen molar-refractivity contribution >= 4 is 18.0 Å². The molecule has 2 nitrogen and oxygen atoms in total. The van der Waals surface area contributed by atoms with Gasteiger partial charge in [0.15, 0.2) is 0 Å². The molecule has 0 aromatic carbocycles. The van der Waals surface area contributed by atoms with Crippen LogP contribution >= 0.6 is 12.2 Å². The van der Waals surface area contributed by atoms with Crippen LogP contribution in [0.15, 0.2) is 18.2 Å². The van der Waals surface area contributed by atoms with E-state index in [1.807, 2.05) is 6.07 Å². The highest BCUT2D eigenvalue weighted by Gasteiger charge is 1.76. The van der Waals surface area contributed by atoms with E-state index < -0.39 is 0 Å². The second-order valence-corrected chi connectivity index (χ2v) is 1.91. The molecule has 3 heteroatoms. The SMILES string of the molecule is C.Nc1cccc(=S)[nH]1. The van der Waals surface area contributed by atoms with Gasteiger partial charge in [-0.05, 0) is 12.1 Å². The fraction of sp³-hybridized carbons (Fsp3) is 0.167. The molecule has 0 radical (unpaired) electrons. The number of anilines is 1.